The first-order valence-corrected chi connectivity index (χ1v) is 6.66. The lowest BCUT2D eigenvalue weighted by atomic mass is 10.2. The summed E-state index contributed by atoms with van der Waals surface area (Å²) in [7, 11) is 0.211. The first-order valence-electron chi connectivity index (χ1n) is 5.11. The second kappa shape index (κ2) is 5.35. The van der Waals surface area contributed by atoms with E-state index in [4.69, 9.17) is 10.9 Å². The minimum Gasteiger partial charge on any atom is -0.397 e. The lowest BCUT2D eigenvalue weighted by Crippen LogP contribution is -2.21. The molecule has 0 spiro atoms. The number of hydrogen-bond acceptors (Lipinski definition) is 5. The van der Waals surface area contributed by atoms with Gasteiger partial charge in [-0.3, -0.25) is 0 Å². The highest BCUT2D eigenvalue weighted by atomic mass is 32.2. The molecule has 1 aromatic rings. The molecule has 1 aromatic carbocycles. The molecule has 0 unspecified atom stereocenters. The summed E-state index contributed by atoms with van der Waals surface area (Å²) in [6, 6.07) is 4.36. The first kappa shape index (κ1) is 13.8. The van der Waals surface area contributed by atoms with Crippen molar-refractivity contribution in [2.45, 2.75) is 4.90 Å². The molecule has 1 rings (SSSR count). The van der Waals surface area contributed by atoms with Gasteiger partial charge in [-0.1, -0.05) is 0 Å². The second-order valence-corrected chi connectivity index (χ2v) is 5.59. The third kappa shape index (κ3) is 4.22. The number of likely N-dealkylation sites (N-methyl/N-ethyl adjacent to an activating group) is 1. The number of rotatable bonds is 5. The van der Waals surface area contributed by atoms with Gasteiger partial charge in [0, 0.05) is 13.1 Å². The van der Waals surface area contributed by atoms with E-state index in [1.165, 1.54) is 18.2 Å². The molecule has 0 amide bonds. The van der Waals surface area contributed by atoms with Crippen LogP contribution in [0.4, 0.5) is 11.4 Å². The third-order valence-electron chi connectivity index (χ3n) is 2.23. The van der Waals surface area contributed by atoms with Crippen LogP contribution in [0.25, 0.3) is 0 Å². The van der Waals surface area contributed by atoms with Crippen molar-refractivity contribution in [3.8, 4) is 0 Å². The zero-order valence-corrected chi connectivity index (χ0v) is 10.8. The van der Waals surface area contributed by atoms with Gasteiger partial charge in [0.25, 0.3) is 0 Å². The number of benzene rings is 1. The molecule has 5 N–H and O–H groups in total. The van der Waals surface area contributed by atoms with Crippen LogP contribution in [-0.2, 0) is 10.0 Å². The van der Waals surface area contributed by atoms with Gasteiger partial charge in [-0.2, -0.15) is 0 Å². The molecule has 96 valence electrons. The van der Waals surface area contributed by atoms with Gasteiger partial charge < -0.3 is 16.0 Å². The van der Waals surface area contributed by atoms with Crippen LogP contribution in [0.3, 0.4) is 0 Å². The third-order valence-corrected chi connectivity index (χ3v) is 3.14. The van der Waals surface area contributed by atoms with Crippen LogP contribution >= 0.6 is 0 Å². The maximum Gasteiger partial charge on any atom is 0.238 e. The summed E-state index contributed by atoms with van der Waals surface area (Å²) in [4.78, 5) is 2.06. The molecule has 17 heavy (non-hydrogen) atoms. The molecule has 0 saturated heterocycles. The van der Waals surface area contributed by atoms with Crippen LogP contribution in [0.5, 0.6) is 0 Å². The van der Waals surface area contributed by atoms with E-state index < -0.39 is 10.0 Å². The minimum absolute atomic E-state index is 0.0547. The average molecular weight is 258 g/mol. The SMILES string of the molecule is CN(C)CCNc1cc(S(N)(=O)=O)ccc1N. The Morgan fingerprint density at radius 3 is 2.53 bits per heavy atom. The number of nitrogen functional groups attached to an aromatic ring is 1. The summed E-state index contributed by atoms with van der Waals surface area (Å²) >= 11 is 0. The quantitative estimate of drug-likeness (QED) is 0.640. The molecule has 0 aliphatic heterocycles. The lowest BCUT2D eigenvalue weighted by Gasteiger charge is -2.13. The number of anilines is 2. The smallest absolute Gasteiger partial charge is 0.238 e. The van der Waals surface area contributed by atoms with Crippen LogP contribution in [0.15, 0.2) is 23.1 Å². The molecule has 0 aliphatic rings. The van der Waals surface area contributed by atoms with Crippen LogP contribution in [0.2, 0.25) is 0 Å². The number of nitrogens with one attached hydrogen (secondary N) is 1. The molecule has 0 bridgehead atoms. The van der Waals surface area contributed by atoms with Crippen molar-refractivity contribution >= 4 is 21.4 Å². The fraction of sp³-hybridized carbons (Fsp3) is 0.400. The maximum absolute atomic E-state index is 11.2. The molecular formula is C10H18N4O2S. The zero-order valence-electron chi connectivity index (χ0n) is 9.97. The Morgan fingerprint density at radius 1 is 1.35 bits per heavy atom. The maximum atomic E-state index is 11.2. The van der Waals surface area contributed by atoms with Crippen LogP contribution < -0.4 is 16.2 Å². The number of nitrogens with zero attached hydrogens (tertiary/aromatic N) is 1. The molecule has 7 heteroatoms. The van der Waals surface area contributed by atoms with Crippen molar-refractivity contribution in [2.75, 3.05) is 38.2 Å². The topological polar surface area (TPSA) is 101 Å². The number of hydrogen-bond donors (Lipinski definition) is 3. The van der Waals surface area contributed by atoms with Crippen LogP contribution in [0, 0.1) is 0 Å². The first-order chi connectivity index (χ1) is 7.80. The number of sulfonamides is 1. The highest BCUT2D eigenvalue weighted by Gasteiger charge is 2.09. The predicted molar refractivity (Wildman–Crippen MR) is 69.3 cm³/mol. The number of primary sulfonamides is 1. The normalized spacial score (nSPS) is 11.8. The summed E-state index contributed by atoms with van der Waals surface area (Å²) in [5, 5.41) is 8.12. The standard InChI is InChI=1S/C10H18N4O2S/c1-14(2)6-5-13-10-7-8(17(12,15)16)3-4-9(10)11/h3-4,7,13H,5-6,11H2,1-2H3,(H2,12,15,16). The zero-order chi connectivity index (χ0) is 13.1. The molecule has 0 atom stereocenters. The second-order valence-electron chi connectivity index (χ2n) is 4.02. The molecule has 0 radical (unpaired) electrons. The number of nitrogens with two attached hydrogens (primary N) is 2. The van der Waals surface area contributed by atoms with Gasteiger partial charge in [0.15, 0.2) is 0 Å². The van der Waals surface area contributed by atoms with Gasteiger partial charge in [0.1, 0.15) is 0 Å². The minimum atomic E-state index is -3.69. The van der Waals surface area contributed by atoms with Crippen LogP contribution in [-0.4, -0.2) is 40.5 Å². The Balaban J connectivity index is 2.84. The molecule has 0 aromatic heterocycles. The highest BCUT2D eigenvalue weighted by Crippen LogP contribution is 2.21. The summed E-state index contributed by atoms with van der Waals surface area (Å²) in [5.41, 5.74) is 6.82. The van der Waals surface area contributed by atoms with Crippen molar-refractivity contribution in [1.82, 2.24) is 4.90 Å². The van der Waals surface area contributed by atoms with Crippen molar-refractivity contribution in [3.63, 3.8) is 0 Å². The van der Waals surface area contributed by atoms with Gasteiger partial charge in [0.2, 0.25) is 10.0 Å². The monoisotopic (exact) mass is 258 g/mol. The van der Waals surface area contributed by atoms with Crippen molar-refractivity contribution in [1.29, 1.82) is 0 Å². The van der Waals surface area contributed by atoms with Crippen molar-refractivity contribution < 1.29 is 8.42 Å². The average Bonchev–Trinajstić information content (AvgIpc) is 2.18. The van der Waals surface area contributed by atoms with Crippen molar-refractivity contribution in [2.24, 2.45) is 5.14 Å². The Hall–Kier alpha value is -1.31. The molecule has 0 heterocycles. The van der Waals surface area contributed by atoms with Gasteiger partial charge >= 0.3 is 0 Å². The fourth-order valence-corrected chi connectivity index (χ4v) is 1.82. The van der Waals surface area contributed by atoms with Gasteiger partial charge in [-0.15, -0.1) is 0 Å². The molecule has 0 aliphatic carbocycles. The summed E-state index contributed by atoms with van der Waals surface area (Å²) in [6.45, 7) is 1.49. The molecule has 0 fully saturated rings. The molecule has 6 nitrogen and oxygen atoms in total. The Morgan fingerprint density at radius 2 is 2.00 bits per heavy atom. The van der Waals surface area contributed by atoms with Crippen molar-refractivity contribution in [3.05, 3.63) is 18.2 Å². The summed E-state index contributed by atoms with van der Waals surface area (Å²) in [5.74, 6) is 0. The van der Waals surface area contributed by atoms with E-state index in [0.717, 1.165) is 6.54 Å². The molecule has 0 saturated carbocycles. The predicted octanol–water partition coefficient (Wildman–Crippen LogP) is -0.110. The summed E-state index contributed by atoms with van der Waals surface area (Å²) < 4.78 is 22.4. The van der Waals surface area contributed by atoms with E-state index in [1.807, 2.05) is 19.0 Å². The van der Waals surface area contributed by atoms with Crippen LogP contribution in [0.1, 0.15) is 0 Å². The van der Waals surface area contributed by atoms with E-state index in [-0.39, 0.29) is 4.90 Å². The Labute approximate surface area is 102 Å². The van der Waals surface area contributed by atoms with Gasteiger partial charge in [0.05, 0.1) is 16.3 Å². The van der Waals surface area contributed by atoms with Gasteiger partial charge in [-0.25, -0.2) is 13.6 Å². The fourth-order valence-electron chi connectivity index (χ4n) is 1.28. The molecular weight excluding hydrogens is 240 g/mol. The largest absolute Gasteiger partial charge is 0.397 e. The van der Waals surface area contributed by atoms with E-state index in [9.17, 15) is 8.42 Å². The Kier molecular flexibility index (Phi) is 4.33. The summed E-state index contributed by atoms with van der Waals surface area (Å²) in [6.07, 6.45) is 0. The van der Waals surface area contributed by atoms with E-state index in [2.05, 4.69) is 5.32 Å². The van der Waals surface area contributed by atoms with E-state index >= 15 is 0 Å². The van der Waals surface area contributed by atoms with E-state index in [1.54, 1.807) is 0 Å². The van der Waals surface area contributed by atoms with E-state index in [0.29, 0.717) is 17.9 Å². The lowest BCUT2D eigenvalue weighted by molar-refractivity contribution is 0.425. The Bertz CT molecular complexity index is 485. The van der Waals surface area contributed by atoms with Gasteiger partial charge in [-0.05, 0) is 32.3 Å². The highest BCUT2D eigenvalue weighted by molar-refractivity contribution is 7.89.